The number of hydrogen-bond acceptors (Lipinski definition) is 5. The smallest absolute Gasteiger partial charge is 0.164 e. The number of benzene rings is 7. The fourth-order valence-electron chi connectivity index (χ4n) is 7.12. The molecule has 0 radical (unpaired) electrons. The number of rotatable bonds is 5. The van der Waals surface area contributed by atoms with Gasteiger partial charge in [0, 0.05) is 49.4 Å². The fraction of sp³-hybridized carbons (Fsp3) is 0. The first-order chi connectivity index (χ1) is 24.8. The second-order valence-electron chi connectivity index (χ2n) is 12.5. The van der Waals surface area contributed by atoms with Crippen LogP contribution in [0.1, 0.15) is 5.56 Å². The zero-order chi connectivity index (χ0) is 33.0. The van der Waals surface area contributed by atoms with E-state index in [9.17, 15) is 0 Å². The lowest BCUT2D eigenvalue weighted by Crippen LogP contribution is -2.11. The average molecular weight is 657 g/mol. The SMILES string of the molecule is C1=CN(c2ccccc2)c2c3sc4cccc(-c5ccc(-c6nc(-c7ccccc7)nc(-c7ccccc7)n6)cc5)c4c3cc3cccc1c23. The van der Waals surface area contributed by atoms with Crippen molar-refractivity contribution in [2.24, 2.45) is 0 Å². The summed E-state index contributed by atoms with van der Waals surface area (Å²) >= 11 is 1.87. The lowest BCUT2D eigenvalue weighted by Gasteiger charge is -2.27. The minimum Gasteiger partial charge on any atom is -0.315 e. The quantitative estimate of drug-likeness (QED) is 0.185. The van der Waals surface area contributed by atoms with Crippen molar-refractivity contribution in [3.05, 3.63) is 169 Å². The summed E-state index contributed by atoms with van der Waals surface area (Å²) in [5.74, 6) is 1.97. The molecule has 5 heteroatoms. The summed E-state index contributed by atoms with van der Waals surface area (Å²) in [6.45, 7) is 0. The molecule has 0 fully saturated rings. The largest absolute Gasteiger partial charge is 0.315 e. The molecule has 10 rings (SSSR count). The highest BCUT2D eigenvalue weighted by molar-refractivity contribution is 7.26. The van der Waals surface area contributed by atoms with Crippen molar-refractivity contribution in [1.82, 2.24) is 15.0 Å². The van der Waals surface area contributed by atoms with Gasteiger partial charge in [0.1, 0.15) is 0 Å². The van der Waals surface area contributed by atoms with Gasteiger partial charge in [0.15, 0.2) is 17.5 Å². The van der Waals surface area contributed by atoms with Crippen molar-refractivity contribution in [2.75, 3.05) is 4.90 Å². The average Bonchev–Trinajstić information content (AvgIpc) is 3.58. The van der Waals surface area contributed by atoms with Gasteiger partial charge in [0.2, 0.25) is 0 Å². The molecule has 9 aromatic rings. The third-order valence-electron chi connectivity index (χ3n) is 9.46. The van der Waals surface area contributed by atoms with Crippen molar-refractivity contribution in [3.63, 3.8) is 0 Å². The topological polar surface area (TPSA) is 41.9 Å². The molecule has 0 unspecified atom stereocenters. The number of thiophene rings is 1. The molecule has 2 aromatic heterocycles. The molecule has 50 heavy (non-hydrogen) atoms. The number of para-hydroxylation sites is 1. The molecule has 0 amide bonds. The molecule has 4 nitrogen and oxygen atoms in total. The summed E-state index contributed by atoms with van der Waals surface area (Å²) in [5.41, 5.74) is 8.90. The molecule has 0 atom stereocenters. The molecule has 0 saturated carbocycles. The van der Waals surface area contributed by atoms with E-state index in [2.05, 4.69) is 114 Å². The van der Waals surface area contributed by atoms with E-state index in [0.717, 1.165) is 27.9 Å². The third kappa shape index (κ3) is 4.71. The van der Waals surface area contributed by atoms with E-state index in [1.807, 2.05) is 72.0 Å². The van der Waals surface area contributed by atoms with Gasteiger partial charge < -0.3 is 4.90 Å². The highest BCUT2D eigenvalue weighted by Gasteiger charge is 2.23. The van der Waals surface area contributed by atoms with Gasteiger partial charge in [-0.2, -0.15) is 0 Å². The summed E-state index contributed by atoms with van der Waals surface area (Å²) in [6, 6.07) is 55.2. The summed E-state index contributed by atoms with van der Waals surface area (Å²) in [5, 5.41) is 5.10. The Hall–Kier alpha value is -6.43. The maximum absolute atomic E-state index is 4.95. The van der Waals surface area contributed by atoms with Crippen LogP contribution in [-0.4, -0.2) is 15.0 Å². The van der Waals surface area contributed by atoms with Crippen molar-refractivity contribution in [2.45, 2.75) is 0 Å². The Morgan fingerprint density at radius 2 is 1.06 bits per heavy atom. The van der Waals surface area contributed by atoms with Crippen LogP contribution in [0.3, 0.4) is 0 Å². The fourth-order valence-corrected chi connectivity index (χ4v) is 8.37. The number of nitrogens with zero attached hydrogens (tertiary/aromatic N) is 4. The summed E-state index contributed by atoms with van der Waals surface area (Å²) in [6.07, 6.45) is 4.44. The second-order valence-corrected chi connectivity index (χ2v) is 13.5. The summed E-state index contributed by atoms with van der Waals surface area (Å²) in [4.78, 5) is 17.1. The number of hydrogen-bond donors (Lipinski definition) is 0. The first kappa shape index (κ1) is 28.6. The van der Waals surface area contributed by atoms with E-state index in [0.29, 0.717) is 17.5 Å². The number of anilines is 2. The van der Waals surface area contributed by atoms with E-state index in [4.69, 9.17) is 15.0 Å². The number of fused-ring (bicyclic) bond motifs is 4. The molecule has 7 aromatic carbocycles. The normalized spacial score (nSPS) is 12.3. The van der Waals surface area contributed by atoms with Gasteiger partial charge in [-0.3, -0.25) is 0 Å². The zero-order valence-corrected chi connectivity index (χ0v) is 27.7. The van der Waals surface area contributed by atoms with Crippen molar-refractivity contribution in [1.29, 1.82) is 0 Å². The van der Waals surface area contributed by atoms with Crippen LogP contribution in [0, 0.1) is 0 Å². The van der Waals surface area contributed by atoms with Crippen molar-refractivity contribution < 1.29 is 0 Å². The second kappa shape index (κ2) is 11.6. The van der Waals surface area contributed by atoms with Crippen LogP contribution >= 0.6 is 11.3 Å². The zero-order valence-electron chi connectivity index (χ0n) is 26.9. The van der Waals surface area contributed by atoms with Gasteiger partial charge in [0.05, 0.1) is 10.4 Å². The Kier molecular flexibility index (Phi) is 6.64. The van der Waals surface area contributed by atoms with Crippen molar-refractivity contribution in [3.8, 4) is 45.3 Å². The molecular weight excluding hydrogens is 629 g/mol. The Balaban J connectivity index is 1.12. The molecule has 1 aliphatic heterocycles. The van der Waals surface area contributed by atoms with Crippen LogP contribution in [0.25, 0.3) is 82.3 Å². The molecule has 3 heterocycles. The van der Waals surface area contributed by atoms with Crippen LogP contribution in [0.4, 0.5) is 11.4 Å². The molecule has 0 bridgehead atoms. The molecule has 0 N–H and O–H groups in total. The monoisotopic (exact) mass is 656 g/mol. The van der Waals surface area contributed by atoms with Gasteiger partial charge in [-0.15, -0.1) is 11.3 Å². The Morgan fingerprint density at radius 3 is 1.72 bits per heavy atom. The highest BCUT2D eigenvalue weighted by atomic mass is 32.1. The first-order valence-electron chi connectivity index (χ1n) is 16.7. The lowest BCUT2D eigenvalue weighted by atomic mass is 9.94. The predicted octanol–water partition coefficient (Wildman–Crippen LogP) is 12.2. The van der Waals surface area contributed by atoms with E-state index in [1.54, 1.807) is 0 Å². The Labute approximate surface area is 293 Å². The maximum Gasteiger partial charge on any atom is 0.164 e. The molecule has 0 aliphatic carbocycles. The molecule has 0 spiro atoms. The Bertz CT molecular complexity index is 2680. The molecule has 234 valence electrons. The van der Waals surface area contributed by atoms with Crippen LogP contribution in [0.5, 0.6) is 0 Å². The van der Waals surface area contributed by atoms with Crippen LogP contribution < -0.4 is 4.90 Å². The minimum atomic E-state index is 0.652. The number of aromatic nitrogens is 3. The van der Waals surface area contributed by atoms with E-state index in [1.165, 1.54) is 47.8 Å². The first-order valence-corrected chi connectivity index (χ1v) is 17.5. The van der Waals surface area contributed by atoms with Crippen molar-refractivity contribution >= 4 is 59.7 Å². The van der Waals surface area contributed by atoms with Crippen LogP contribution in [0.15, 0.2) is 164 Å². The molecule has 0 saturated heterocycles. The van der Waals surface area contributed by atoms with Gasteiger partial charge in [-0.25, -0.2) is 15.0 Å². The van der Waals surface area contributed by atoms with Crippen LogP contribution in [-0.2, 0) is 0 Å². The van der Waals surface area contributed by atoms with Crippen LogP contribution in [0.2, 0.25) is 0 Å². The van der Waals surface area contributed by atoms with Gasteiger partial charge in [-0.05, 0) is 52.4 Å². The highest BCUT2D eigenvalue weighted by Crippen LogP contribution is 2.50. The summed E-state index contributed by atoms with van der Waals surface area (Å²) in [7, 11) is 0. The standard InChI is InChI=1S/C45H28N4S/c1-4-12-31(13-5-1)43-46-44(32-14-6-2-7-15-32)48-45(47-43)33-24-22-29(23-25-33)36-20-11-21-38-40(36)37-28-34-17-10-16-30-26-27-49(35-18-8-3-9-19-35)41(39(30)34)42(37)50-38/h1-28H. The van der Waals surface area contributed by atoms with E-state index >= 15 is 0 Å². The third-order valence-corrected chi connectivity index (χ3v) is 10.6. The molecule has 1 aliphatic rings. The van der Waals surface area contributed by atoms with Gasteiger partial charge in [-0.1, -0.05) is 133 Å². The van der Waals surface area contributed by atoms with Gasteiger partial charge in [0.25, 0.3) is 0 Å². The lowest BCUT2D eigenvalue weighted by molar-refractivity contribution is 1.07. The summed E-state index contributed by atoms with van der Waals surface area (Å²) < 4.78 is 2.57. The van der Waals surface area contributed by atoms with Gasteiger partial charge >= 0.3 is 0 Å². The maximum atomic E-state index is 4.95. The van der Waals surface area contributed by atoms with E-state index in [-0.39, 0.29) is 0 Å². The molecular formula is C45H28N4S. The Morgan fingerprint density at radius 1 is 0.480 bits per heavy atom. The predicted molar refractivity (Wildman–Crippen MR) is 210 cm³/mol. The minimum absolute atomic E-state index is 0.652. The van der Waals surface area contributed by atoms with E-state index < -0.39 is 0 Å².